The molecule has 1 atom stereocenters. The first-order chi connectivity index (χ1) is 17.9. The molecule has 2 N–H and O–H groups in total. The lowest BCUT2D eigenvalue weighted by molar-refractivity contribution is -0.122. The number of allylic oxidation sites excluding steroid dienone is 6. The van der Waals surface area contributed by atoms with Gasteiger partial charge < -0.3 is 20.3 Å². The third kappa shape index (κ3) is 16.0. The number of hydrogen-bond donors (Lipinski definition) is 2. The summed E-state index contributed by atoms with van der Waals surface area (Å²) in [5.41, 5.74) is 6.34. The molecule has 0 aromatic carbocycles. The van der Waals surface area contributed by atoms with E-state index in [0.717, 1.165) is 49.2 Å². The Labute approximate surface area is 235 Å². The molecule has 0 fully saturated rings. The zero-order valence-corrected chi connectivity index (χ0v) is 26.3. The van der Waals surface area contributed by atoms with Crippen LogP contribution in [0.2, 0.25) is 0 Å². The average Bonchev–Trinajstić information content (AvgIpc) is 2.93. The number of hydrogen-bond acceptors (Lipinski definition) is 4. The number of unbranched alkanes of at least 4 members (excludes halogenated alkanes) is 5. The summed E-state index contributed by atoms with van der Waals surface area (Å²) in [7, 11) is 7.36. The van der Waals surface area contributed by atoms with Crippen LogP contribution in [0.4, 0.5) is 0 Å². The Bertz CT molecular complexity index is 835. The quantitative estimate of drug-likeness (QED) is 0.149. The van der Waals surface area contributed by atoms with E-state index in [4.69, 9.17) is 0 Å². The molecule has 0 aromatic rings. The molecule has 0 saturated heterocycles. The van der Waals surface area contributed by atoms with Gasteiger partial charge in [-0.3, -0.25) is 4.79 Å². The van der Waals surface area contributed by atoms with Crippen molar-refractivity contribution in [3.63, 3.8) is 0 Å². The van der Waals surface area contributed by atoms with Crippen LogP contribution < -0.4 is 10.6 Å². The Morgan fingerprint density at radius 1 is 1.03 bits per heavy atom. The minimum absolute atomic E-state index is 0.0117. The SMILES string of the molecule is C=C(CC(=O)NC(C)(CCCCC)CN(C)C)C(=C)NC1=C(C)C=C(C)C=C(CCCCCC)C1.COC. The summed E-state index contributed by atoms with van der Waals surface area (Å²) in [5.74, 6) is 0.0117. The Hall–Kier alpha value is -2.11. The molecule has 218 valence electrons. The summed E-state index contributed by atoms with van der Waals surface area (Å²) in [6.45, 7) is 20.2. The minimum atomic E-state index is -0.245. The Balaban J connectivity index is 0.00000434. The summed E-state index contributed by atoms with van der Waals surface area (Å²) in [5, 5.41) is 6.81. The second-order valence-corrected chi connectivity index (χ2v) is 11.4. The predicted molar refractivity (Wildman–Crippen MR) is 166 cm³/mol. The molecule has 0 aliphatic heterocycles. The number of carbonyl (C=O) groups is 1. The molecule has 1 aliphatic carbocycles. The summed E-state index contributed by atoms with van der Waals surface area (Å²) in [4.78, 5) is 15.1. The molecule has 0 heterocycles. The van der Waals surface area contributed by atoms with Gasteiger partial charge in [0.05, 0.1) is 6.42 Å². The molecule has 0 bridgehead atoms. The molecular formula is C33H59N3O2. The lowest BCUT2D eigenvalue weighted by Crippen LogP contribution is -2.52. The minimum Gasteiger partial charge on any atom is -0.388 e. The highest BCUT2D eigenvalue weighted by atomic mass is 16.4. The maximum absolute atomic E-state index is 13.0. The van der Waals surface area contributed by atoms with E-state index in [-0.39, 0.29) is 17.9 Å². The average molecular weight is 530 g/mol. The van der Waals surface area contributed by atoms with Gasteiger partial charge in [0.25, 0.3) is 0 Å². The van der Waals surface area contributed by atoms with Crippen molar-refractivity contribution in [2.45, 2.75) is 111 Å². The van der Waals surface area contributed by atoms with E-state index in [2.05, 4.69) is 94.3 Å². The van der Waals surface area contributed by atoms with Crippen molar-refractivity contribution < 1.29 is 9.53 Å². The normalized spacial score (nSPS) is 15.0. The molecule has 5 nitrogen and oxygen atoms in total. The van der Waals surface area contributed by atoms with Crippen LogP contribution in [0.15, 0.2) is 59.0 Å². The molecule has 0 aromatic heterocycles. The van der Waals surface area contributed by atoms with Crippen LogP contribution in [-0.2, 0) is 9.53 Å². The van der Waals surface area contributed by atoms with Crippen LogP contribution in [0.1, 0.15) is 105 Å². The van der Waals surface area contributed by atoms with Gasteiger partial charge in [-0.2, -0.15) is 0 Å². The van der Waals surface area contributed by atoms with E-state index in [1.165, 1.54) is 55.2 Å². The highest BCUT2D eigenvalue weighted by molar-refractivity contribution is 5.80. The number of likely N-dealkylation sites (N-methyl/N-ethyl adjacent to an activating group) is 1. The summed E-state index contributed by atoms with van der Waals surface area (Å²) in [6, 6.07) is 0. The Kier molecular flexibility index (Phi) is 18.8. The molecule has 1 rings (SSSR count). The Morgan fingerprint density at radius 3 is 2.21 bits per heavy atom. The van der Waals surface area contributed by atoms with Gasteiger partial charge in [-0.05, 0) is 65.3 Å². The fourth-order valence-electron chi connectivity index (χ4n) is 4.89. The molecule has 0 radical (unpaired) electrons. The number of methoxy groups -OCH3 is 1. The molecule has 0 spiro atoms. The van der Waals surface area contributed by atoms with E-state index >= 15 is 0 Å². The zero-order valence-electron chi connectivity index (χ0n) is 26.3. The molecule has 5 heteroatoms. The van der Waals surface area contributed by atoms with Gasteiger partial charge in [0, 0.05) is 44.1 Å². The maximum atomic E-state index is 13.0. The summed E-state index contributed by atoms with van der Waals surface area (Å²) in [6.07, 6.45) is 16.4. The fraction of sp³-hybridized carbons (Fsp3) is 0.667. The van der Waals surface area contributed by atoms with Gasteiger partial charge in [0.15, 0.2) is 0 Å². The molecule has 38 heavy (non-hydrogen) atoms. The van der Waals surface area contributed by atoms with Gasteiger partial charge in [0.2, 0.25) is 5.91 Å². The van der Waals surface area contributed by atoms with Crippen LogP contribution in [0.25, 0.3) is 0 Å². The topological polar surface area (TPSA) is 53.6 Å². The lowest BCUT2D eigenvalue weighted by atomic mass is 9.93. The maximum Gasteiger partial charge on any atom is 0.224 e. The number of ether oxygens (including phenoxy) is 1. The molecular weight excluding hydrogens is 470 g/mol. The first-order valence-electron chi connectivity index (χ1n) is 14.5. The third-order valence-corrected chi connectivity index (χ3v) is 6.65. The predicted octanol–water partition coefficient (Wildman–Crippen LogP) is 7.84. The molecule has 1 unspecified atom stereocenters. The van der Waals surface area contributed by atoms with Gasteiger partial charge in [-0.1, -0.05) is 88.8 Å². The Morgan fingerprint density at radius 2 is 1.63 bits per heavy atom. The number of nitrogens with one attached hydrogen (secondary N) is 2. The van der Waals surface area contributed by atoms with E-state index in [1.807, 2.05) is 0 Å². The fourth-order valence-corrected chi connectivity index (χ4v) is 4.89. The lowest BCUT2D eigenvalue weighted by Gasteiger charge is -2.34. The molecule has 1 aliphatic rings. The van der Waals surface area contributed by atoms with Crippen molar-refractivity contribution in [1.29, 1.82) is 0 Å². The number of amides is 1. The van der Waals surface area contributed by atoms with Gasteiger partial charge in [-0.25, -0.2) is 0 Å². The summed E-state index contributed by atoms with van der Waals surface area (Å²) >= 11 is 0. The second-order valence-electron chi connectivity index (χ2n) is 11.4. The standard InChI is InChI=1S/C31H53N3O.C2H6O/c1-10-12-14-15-17-28-20-24(3)19-26(5)29(22-28)32-27(6)25(4)21-30(35)33-31(7,23-34(8)9)18-16-13-11-2;1-3-2/h19-20,32H,4,6,10-18,21-23H2,1-3,5,7-9H3,(H,33,35);1-2H3. The van der Waals surface area contributed by atoms with Gasteiger partial charge in [0.1, 0.15) is 0 Å². The van der Waals surface area contributed by atoms with E-state index in [0.29, 0.717) is 0 Å². The number of nitrogens with zero attached hydrogens (tertiary/aromatic N) is 1. The smallest absolute Gasteiger partial charge is 0.224 e. The van der Waals surface area contributed by atoms with Gasteiger partial charge in [-0.15, -0.1) is 0 Å². The number of rotatable bonds is 17. The first-order valence-corrected chi connectivity index (χ1v) is 14.5. The largest absolute Gasteiger partial charge is 0.388 e. The monoisotopic (exact) mass is 529 g/mol. The van der Waals surface area contributed by atoms with Crippen molar-refractivity contribution in [3.8, 4) is 0 Å². The van der Waals surface area contributed by atoms with Crippen LogP contribution in [0.5, 0.6) is 0 Å². The van der Waals surface area contributed by atoms with E-state index in [1.54, 1.807) is 14.2 Å². The third-order valence-electron chi connectivity index (χ3n) is 6.65. The van der Waals surface area contributed by atoms with Crippen molar-refractivity contribution in [2.24, 2.45) is 0 Å². The van der Waals surface area contributed by atoms with Crippen LogP contribution >= 0.6 is 0 Å². The highest BCUT2D eigenvalue weighted by Gasteiger charge is 2.27. The van der Waals surface area contributed by atoms with Gasteiger partial charge >= 0.3 is 0 Å². The van der Waals surface area contributed by atoms with Crippen molar-refractivity contribution in [2.75, 3.05) is 34.9 Å². The zero-order chi connectivity index (χ0) is 29.1. The van der Waals surface area contributed by atoms with Crippen LogP contribution in [0, 0.1) is 0 Å². The van der Waals surface area contributed by atoms with E-state index in [9.17, 15) is 4.79 Å². The van der Waals surface area contributed by atoms with Crippen molar-refractivity contribution in [3.05, 3.63) is 59.0 Å². The van der Waals surface area contributed by atoms with Crippen molar-refractivity contribution >= 4 is 5.91 Å². The molecule has 1 amide bonds. The summed E-state index contributed by atoms with van der Waals surface area (Å²) < 4.78 is 4.25. The van der Waals surface area contributed by atoms with Crippen molar-refractivity contribution in [1.82, 2.24) is 15.5 Å². The number of carbonyl (C=O) groups excluding carboxylic acids is 1. The van der Waals surface area contributed by atoms with Crippen LogP contribution in [0.3, 0.4) is 0 Å². The first kappa shape index (κ1) is 35.9. The second kappa shape index (κ2) is 19.9. The van der Waals surface area contributed by atoms with Crippen LogP contribution in [-0.4, -0.2) is 51.2 Å². The highest BCUT2D eigenvalue weighted by Crippen LogP contribution is 2.26. The molecule has 0 saturated carbocycles. The van der Waals surface area contributed by atoms with E-state index < -0.39 is 0 Å².